The van der Waals surface area contributed by atoms with Crippen molar-refractivity contribution < 1.29 is 18.0 Å². The van der Waals surface area contributed by atoms with Gasteiger partial charge >= 0.3 is 0 Å². The van der Waals surface area contributed by atoms with Crippen LogP contribution in [0.4, 0.5) is 0 Å². The molecule has 2 N–H and O–H groups in total. The van der Waals surface area contributed by atoms with E-state index in [1.54, 1.807) is 24.3 Å². The molecule has 3 rings (SSSR count). The molecule has 3 aromatic rings. The lowest BCUT2D eigenvalue weighted by Crippen LogP contribution is -2.44. The molecule has 0 aliphatic heterocycles. The number of hydrogen-bond acceptors (Lipinski definition) is 4. The van der Waals surface area contributed by atoms with Gasteiger partial charge < -0.3 is 0 Å². The molecule has 0 unspecified atom stereocenters. The van der Waals surface area contributed by atoms with Crippen LogP contribution in [0.5, 0.6) is 0 Å². The summed E-state index contributed by atoms with van der Waals surface area (Å²) in [6.07, 6.45) is 0.0619. The molecule has 8 heteroatoms. The van der Waals surface area contributed by atoms with E-state index in [1.165, 1.54) is 0 Å². The lowest BCUT2D eigenvalue weighted by Gasteiger charge is -2.10. The Morgan fingerprint density at radius 1 is 0.862 bits per heavy atom. The number of amides is 2. The summed E-state index contributed by atoms with van der Waals surface area (Å²) in [5.74, 6) is -2.19. The van der Waals surface area contributed by atoms with Gasteiger partial charge in [-0.15, -0.1) is 0 Å². The Morgan fingerprint density at radius 3 is 2.34 bits per heavy atom. The molecule has 0 atom stereocenters. The first-order valence-corrected chi connectivity index (χ1v) is 11.4. The Hall–Kier alpha value is -2.71. The molecule has 0 spiro atoms. The van der Waals surface area contributed by atoms with Gasteiger partial charge in [0.2, 0.25) is 5.91 Å². The fourth-order valence-electron chi connectivity index (χ4n) is 2.97. The molecule has 0 bridgehead atoms. The summed E-state index contributed by atoms with van der Waals surface area (Å²) in [6, 6.07) is 20.2. The summed E-state index contributed by atoms with van der Waals surface area (Å²) in [5.41, 5.74) is 5.85. The predicted octanol–water partition coefficient (Wildman–Crippen LogP) is 2.91. The van der Waals surface area contributed by atoms with Crippen LogP contribution < -0.4 is 10.9 Å². The molecule has 0 aliphatic rings. The predicted molar refractivity (Wildman–Crippen MR) is 116 cm³/mol. The van der Waals surface area contributed by atoms with Gasteiger partial charge in [0, 0.05) is 4.47 Å². The molecule has 3 aromatic carbocycles. The monoisotopic (exact) mass is 474 g/mol. The molecular weight excluding hydrogens is 456 g/mol. The second kappa shape index (κ2) is 9.19. The molecule has 0 aliphatic carbocycles. The van der Waals surface area contributed by atoms with Crippen molar-refractivity contribution in [2.75, 3.05) is 5.75 Å². The van der Waals surface area contributed by atoms with Crippen molar-refractivity contribution in [1.29, 1.82) is 0 Å². The highest BCUT2D eigenvalue weighted by atomic mass is 79.9. The molecular formula is C21H19BrN2O4S. The zero-order valence-corrected chi connectivity index (χ0v) is 17.8. The zero-order chi connectivity index (χ0) is 20.9. The van der Waals surface area contributed by atoms with Crippen molar-refractivity contribution in [2.24, 2.45) is 0 Å². The van der Waals surface area contributed by atoms with Crippen molar-refractivity contribution in [1.82, 2.24) is 10.9 Å². The average Bonchev–Trinajstić information content (AvgIpc) is 2.66. The second-order valence-corrected chi connectivity index (χ2v) is 9.55. The summed E-state index contributed by atoms with van der Waals surface area (Å²) in [4.78, 5) is 24.1. The average molecular weight is 475 g/mol. The highest BCUT2D eigenvalue weighted by Crippen LogP contribution is 2.18. The summed E-state index contributed by atoms with van der Waals surface area (Å²) in [5, 5.41) is 1.97. The highest BCUT2D eigenvalue weighted by molar-refractivity contribution is 9.10. The van der Waals surface area contributed by atoms with Gasteiger partial charge in [0.15, 0.2) is 9.84 Å². The van der Waals surface area contributed by atoms with Crippen molar-refractivity contribution in [3.8, 4) is 0 Å². The number of fused-ring (bicyclic) bond motifs is 1. The third-order valence-electron chi connectivity index (χ3n) is 4.20. The summed E-state index contributed by atoms with van der Waals surface area (Å²) in [7, 11) is -3.67. The minimum absolute atomic E-state index is 0.0619. The number of carbonyl (C=O) groups excluding carboxylic acids is 2. The third-order valence-corrected chi connectivity index (χ3v) is 6.17. The minimum atomic E-state index is -3.67. The van der Waals surface area contributed by atoms with Gasteiger partial charge in [0.1, 0.15) is 5.75 Å². The van der Waals surface area contributed by atoms with Crippen LogP contribution in [-0.2, 0) is 31.6 Å². The van der Waals surface area contributed by atoms with Crippen molar-refractivity contribution in [3.05, 3.63) is 82.3 Å². The maximum Gasteiger partial charge on any atom is 0.253 e. The number of hydrogen-bond donors (Lipinski definition) is 2. The number of hydrazine groups is 1. The lowest BCUT2D eigenvalue weighted by atomic mass is 10.0. The van der Waals surface area contributed by atoms with Crippen LogP contribution in [0, 0.1) is 0 Å². The first-order chi connectivity index (χ1) is 13.8. The van der Waals surface area contributed by atoms with Gasteiger partial charge in [-0.25, -0.2) is 8.42 Å². The fraction of sp³-hybridized carbons (Fsp3) is 0.143. The van der Waals surface area contributed by atoms with Gasteiger partial charge in [-0.05, 0) is 34.0 Å². The molecule has 6 nitrogen and oxygen atoms in total. The van der Waals surface area contributed by atoms with Crippen molar-refractivity contribution >= 4 is 48.4 Å². The first kappa shape index (κ1) is 21.0. The molecule has 0 saturated heterocycles. The Bertz CT molecular complexity index is 1160. The van der Waals surface area contributed by atoms with Gasteiger partial charge in [-0.1, -0.05) is 70.5 Å². The van der Waals surface area contributed by atoms with E-state index in [4.69, 9.17) is 0 Å². The molecule has 0 saturated carbocycles. The second-order valence-electron chi connectivity index (χ2n) is 6.57. The lowest BCUT2D eigenvalue weighted by molar-refractivity contribution is -0.127. The van der Waals surface area contributed by atoms with E-state index in [0.29, 0.717) is 5.56 Å². The van der Waals surface area contributed by atoms with E-state index in [1.807, 2.05) is 42.5 Å². The molecule has 150 valence electrons. The van der Waals surface area contributed by atoms with E-state index in [-0.39, 0.29) is 12.2 Å². The summed E-state index contributed by atoms with van der Waals surface area (Å²) >= 11 is 3.28. The van der Waals surface area contributed by atoms with Crippen molar-refractivity contribution in [2.45, 2.75) is 12.2 Å². The topological polar surface area (TPSA) is 92.3 Å². The van der Waals surface area contributed by atoms with E-state index in [0.717, 1.165) is 20.8 Å². The smallest absolute Gasteiger partial charge is 0.253 e. The minimum Gasteiger partial charge on any atom is -0.273 e. The Balaban J connectivity index is 1.54. The normalized spacial score (nSPS) is 11.2. The zero-order valence-electron chi connectivity index (χ0n) is 15.4. The maximum atomic E-state index is 12.2. The Kier molecular flexibility index (Phi) is 6.66. The van der Waals surface area contributed by atoms with E-state index < -0.39 is 27.4 Å². The standard InChI is InChI=1S/C21H19BrN2O4S/c22-18-9-3-5-15(11-18)13-29(27,28)14-21(26)24-23-20(25)12-17-8-4-7-16-6-1-2-10-19(16)17/h1-11H,12-14H2,(H,23,25)(H,24,26). The number of nitrogens with one attached hydrogen (secondary N) is 2. The maximum absolute atomic E-state index is 12.2. The molecule has 0 heterocycles. The Morgan fingerprint density at radius 2 is 1.55 bits per heavy atom. The highest BCUT2D eigenvalue weighted by Gasteiger charge is 2.18. The molecule has 0 aromatic heterocycles. The van der Waals surface area contributed by atoms with E-state index >= 15 is 0 Å². The van der Waals surface area contributed by atoms with Crippen LogP contribution in [0.2, 0.25) is 0 Å². The van der Waals surface area contributed by atoms with Crippen LogP contribution in [0.1, 0.15) is 11.1 Å². The van der Waals surface area contributed by atoms with Crippen LogP contribution in [0.25, 0.3) is 10.8 Å². The van der Waals surface area contributed by atoms with Crippen LogP contribution >= 0.6 is 15.9 Å². The Labute approximate surface area is 177 Å². The van der Waals surface area contributed by atoms with Crippen LogP contribution in [0.15, 0.2) is 71.2 Å². The number of rotatable bonds is 6. The molecule has 0 radical (unpaired) electrons. The fourth-order valence-corrected chi connectivity index (χ4v) is 4.68. The van der Waals surface area contributed by atoms with Crippen molar-refractivity contribution in [3.63, 3.8) is 0 Å². The molecule has 29 heavy (non-hydrogen) atoms. The molecule has 2 amide bonds. The van der Waals surface area contributed by atoms with Crippen LogP contribution in [-0.4, -0.2) is 26.0 Å². The van der Waals surface area contributed by atoms with Gasteiger partial charge in [-0.2, -0.15) is 0 Å². The quantitative estimate of drug-likeness (QED) is 0.537. The van der Waals surface area contributed by atoms with Gasteiger partial charge in [0.25, 0.3) is 5.91 Å². The van der Waals surface area contributed by atoms with Crippen LogP contribution in [0.3, 0.4) is 0 Å². The number of sulfone groups is 1. The largest absolute Gasteiger partial charge is 0.273 e. The molecule has 0 fully saturated rings. The number of halogens is 1. The SMILES string of the molecule is O=C(Cc1cccc2ccccc12)NNC(=O)CS(=O)(=O)Cc1cccc(Br)c1. The van der Waals surface area contributed by atoms with Gasteiger partial charge in [0.05, 0.1) is 12.2 Å². The number of carbonyl (C=O) groups is 2. The summed E-state index contributed by atoms with van der Waals surface area (Å²) in [6.45, 7) is 0. The first-order valence-electron chi connectivity index (χ1n) is 8.81. The number of benzene rings is 3. The van der Waals surface area contributed by atoms with Gasteiger partial charge in [-0.3, -0.25) is 20.4 Å². The van der Waals surface area contributed by atoms with E-state index in [9.17, 15) is 18.0 Å². The summed E-state index contributed by atoms with van der Waals surface area (Å²) < 4.78 is 25.2. The third kappa shape index (κ3) is 6.13. The van der Waals surface area contributed by atoms with E-state index in [2.05, 4.69) is 26.8 Å².